The number of halogens is 3. The highest BCUT2D eigenvalue weighted by Crippen LogP contribution is 2.35. The van der Waals surface area contributed by atoms with Crippen molar-refractivity contribution in [2.24, 2.45) is 5.41 Å². The zero-order valence-corrected chi connectivity index (χ0v) is 18.8. The topological polar surface area (TPSA) is 113 Å². The first-order valence-electron chi connectivity index (χ1n) is 10.00. The van der Waals surface area contributed by atoms with E-state index in [1.165, 1.54) is 11.0 Å². The van der Waals surface area contributed by atoms with E-state index in [0.717, 1.165) is 4.90 Å². The Morgan fingerprint density at radius 3 is 2.62 bits per heavy atom. The Morgan fingerprint density at radius 2 is 2.03 bits per heavy atom. The first-order valence-corrected chi connectivity index (χ1v) is 10.4. The van der Waals surface area contributed by atoms with Crippen LogP contribution >= 0.6 is 11.6 Å². The number of rotatable bonds is 5. The highest BCUT2D eigenvalue weighted by molar-refractivity contribution is 6.30. The molecule has 1 aliphatic heterocycles. The number of amides is 2. The van der Waals surface area contributed by atoms with Crippen LogP contribution in [0.15, 0.2) is 24.5 Å². The van der Waals surface area contributed by atoms with E-state index in [-0.39, 0.29) is 0 Å². The van der Waals surface area contributed by atoms with Crippen LogP contribution < -0.4 is 5.32 Å². The van der Waals surface area contributed by atoms with E-state index in [2.05, 4.69) is 20.8 Å². The minimum absolute atomic E-state index is 0.399. The standard InChI is InChI=1S/C20H25ClF2N6O3/c1-11(13-7-12(21)5-6-14(13)29-10-24-26-27-29)25-17(31)15-8-20(22,23)9-28(15)18(32)16(30)19(2,3)4/h5-7,10-11,15-16,30H,8-9H2,1-4H3,(H,25,31)/t11?,15-,16-/m0/s1. The minimum atomic E-state index is -3.24. The number of carbonyl (C=O) groups excluding carboxylic acids is 2. The van der Waals surface area contributed by atoms with Crippen molar-refractivity contribution in [1.82, 2.24) is 30.4 Å². The number of hydrogen-bond donors (Lipinski definition) is 2. The van der Waals surface area contributed by atoms with Gasteiger partial charge in [0, 0.05) is 17.0 Å². The van der Waals surface area contributed by atoms with Gasteiger partial charge in [-0.25, -0.2) is 13.5 Å². The average Bonchev–Trinajstić information content (AvgIpc) is 3.33. The summed E-state index contributed by atoms with van der Waals surface area (Å²) in [6.07, 6.45) is -0.986. The maximum Gasteiger partial charge on any atom is 0.267 e. The molecule has 0 aliphatic carbocycles. The molecule has 32 heavy (non-hydrogen) atoms. The first-order chi connectivity index (χ1) is 14.8. The lowest BCUT2D eigenvalue weighted by Crippen LogP contribution is -2.52. The number of likely N-dealkylation sites (tertiary alicyclic amines) is 1. The van der Waals surface area contributed by atoms with Crippen LogP contribution in [0.2, 0.25) is 5.02 Å². The second kappa shape index (κ2) is 8.70. The molecule has 2 aromatic rings. The Hall–Kier alpha value is -2.66. The van der Waals surface area contributed by atoms with Gasteiger partial charge in [-0.05, 0) is 41.0 Å². The van der Waals surface area contributed by atoms with Crippen LogP contribution in [-0.2, 0) is 9.59 Å². The molecule has 1 aromatic heterocycles. The highest BCUT2D eigenvalue weighted by Gasteiger charge is 2.52. The van der Waals surface area contributed by atoms with Crippen LogP contribution in [0.4, 0.5) is 8.78 Å². The van der Waals surface area contributed by atoms with Gasteiger partial charge in [0.15, 0.2) is 0 Å². The maximum absolute atomic E-state index is 14.2. The maximum atomic E-state index is 14.2. The summed E-state index contributed by atoms with van der Waals surface area (Å²) in [6, 6.07) is 2.81. The summed E-state index contributed by atoms with van der Waals surface area (Å²) < 4.78 is 29.8. The predicted octanol–water partition coefficient (Wildman–Crippen LogP) is 2.14. The molecule has 0 saturated carbocycles. The largest absolute Gasteiger partial charge is 0.383 e. The third kappa shape index (κ3) is 5.04. The quantitative estimate of drug-likeness (QED) is 0.692. The first kappa shape index (κ1) is 24.0. The van der Waals surface area contributed by atoms with Crippen molar-refractivity contribution in [3.05, 3.63) is 35.1 Å². The van der Waals surface area contributed by atoms with Gasteiger partial charge < -0.3 is 15.3 Å². The molecule has 0 spiro atoms. The molecule has 1 unspecified atom stereocenters. The lowest BCUT2D eigenvalue weighted by Gasteiger charge is -2.32. The van der Waals surface area contributed by atoms with Crippen LogP contribution in [-0.4, -0.2) is 66.6 Å². The molecule has 2 amide bonds. The van der Waals surface area contributed by atoms with E-state index >= 15 is 0 Å². The lowest BCUT2D eigenvalue weighted by atomic mass is 9.88. The van der Waals surface area contributed by atoms with Crippen molar-refractivity contribution >= 4 is 23.4 Å². The van der Waals surface area contributed by atoms with Crippen LogP contribution in [0.5, 0.6) is 0 Å². The Morgan fingerprint density at radius 1 is 1.34 bits per heavy atom. The van der Waals surface area contributed by atoms with E-state index in [1.807, 2.05) is 0 Å². The van der Waals surface area contributed by atoms with E-state index < -0.39 is 54.3 Å². The van der Waals surface area contributed by atoms with Crippen LogP contribution in [0, 0.1) is 5.41 Å². The summed E-state index contributed by atoms with van der Waals surface area (Å²) in [6.45, 7) is 5.56. The lowest BCUT2D eigenvalue weighted by molar-refractivity contribution is -0.150. The molecule has 12 heteroatoms. The monoisotopic (exact) mass is 470 g/mol. The van der Waals surface area contributed by atoms with Gasteiger partial charge in [-0.15, -0.1) is 5.10 Å². The Bertz CT molecular complexity index is 996. The summed E-state index contributed by atoms with van der Waals surface area (Å²) in [5.41, 5.74) is 0.223. The van der Waals surface area contributed by atoms with E-state index in [0.29, 0.717) is 16.3 Å². The molecule has 3 atom stereocenters. The number of aliphatic hydroxyl groups excluding tert-OH is 1. The fraction of sp³-hybridized carbons (Fsp3) is 0.550. The number of aliphatic hydroxyl groups is 1. The fourth-order valence-electron chi connectivity index (χ4n) is 3.55. The van der Waals surface area contributed by atoms with Crippen molar-refractivity contribution in [2.75, 3.05) is 6.54 Å². The van der Waals surface area contributed by atoms with E-state index in [4.69, 9.17) is 11.6 Å². The van der Waals surface area contributed by atoms with Gasteiger partial charge in [0.2, 0.25) is 5.91 Å². The number of tetrazole rings is 1. The highest BCUT2D eigenvalue weighted by atomic mass is 35.5. The van der Waals surface area contributed by atoms with Crippen LogP contribution in [0.25, 0.3) is 5.69 Å². The molecule has 1 saturated heterocycles. The van der Waals surface area contributed by atoms with Crippen molar-refractivity contribution in [2.45, 2.75) is 58.2 Å². The number of carbonyl (C=O) groups is 2. The summed E-state index contributed by atoms with van der Waals surface area (Å²) in [5, 5.41) is 24.4. The van der Waals surface area contributed by atoms with Crippen molar-refractivity contribution < 1.29 is 23.5 Å². The second-order valence-electron chi connectivity index (χ2n) is 9.00. The molecule has 1 fully saturated rings. The number of hydrogen-bond acceptors (Lipinski definition) is 6. The molecule has 0 radical (unpaired) electrons. The van der Waals surface area contributed by atoms with Crippen LogP contribution in [0.1, 0.15) is 45.7 Å². The summed E-state index contributed by atoms with van der Waals surface area (Å²) in [7, 11) is 0. The van der Waals surface area contributed by atoms with Gasteiger partial charge in [0.05, 0.1) is 18.3 Å². The average molecular weight is 471 g/mol. The molecule has 2 heterocycles. The minimum Gasteiger partial charge on any atom is -0.383 e. The van der Waals surface area contributed by atoms with Gasteiger partial charge in [-0.2, -0.15) is 0 Å². The normalized spacial score (nSPS) is 20.1. The van der Waals surface area contributed by atoms with Gasteiger partial charge in [-0.1, -0.05) is 32.4 Å². The van der Waals surface area contributed by atoms with E-state index in [1.54, 1.807) is 45.9 Å². The molecular weight excluding hydrogens is 446 g/mol. The zero-order chi connectivity index (χ0) is 23.8. The molecular formula is C20H25ClF2N6O3. The number of nitrogens with zero attached hydrogens (tertiary/aromatic N) is 5. The Balaban J connectivity index is 1.84. The van der Waals surface area contributed by atoms with Gasteiger partial charge >= 0.3 is 0 Å². The predicted molar refractivity (Wildman–Crippen MR) is 111 cm³/mol. The third-order valence-corrected chi connectivity index (χ3v) is 5.56. The second-order valence-corrected chi connectivity index (χ2v) is 9.43. The van der Waals surface area contributed by atoms with Gasteiger partial charge in [-0.3, -0.25) is 9.59 Å². The van der Waals surface area contributed by atoms with Gasteiger partial charge in [0.1, 0.15) is 18.5 Å². The van der Waals surface area contributed by atoms with Crippen molar-refractivity contribution in [3.8, 4) is 5.69 Å². The molecule has 0 bridgehead atoms. The molecule has 3 rings (SSSR count). The molecule has 2 N–H and O–H groups in total. The molecule has 1 aliphatic rings. The Labute approximate surface area is 188 Å². The number of alkyl halides is 2. The smallest absolute Gasteiger partial charge is 0.267 e. The molecule has 1 aromatic carbocycles. The van der Waals surface area contributed by atoms with Crippen LogP contribution in [0.3, 0.4) is 0 Å². The fourth-order valence-corrected chi connectivity index (χ4v) is 3.73. The summed E-state index contributed by atoms with van der Waals surface area (Å²) >= 11 is 6.11. The number of aromatic nitrogens is 4. The van der Waals surface area contributed by atoms with E-state index in [9.17, 15) is 23.5 Å². The Kier molecular flexibility index (Phi) is 6.52. The summed E-state index contributed by atoms with van der Waals surface area (Å²) in [5.74, 6) is -4.90. The number of benzene rings is 1. The van der Waals surface area contributed by atoms with Crippen molar-refractivity contribution in [3.63, 3.8) is 0 Å². The SMILES string of the molecule is CC(NC(=O)[C@@H]1CC(F)(F)CN1C(=O)[C@H](O)C(C)(C)C)c1cc(Cl)ccc1-n1cnnn1. The van der Waals surface area contributed by atoms with Crippen molar-refractivity contribution in [1.29, 1.82) is 0 Å². The molecule has 174 valence electrons. The number of nitrogens with one attached hydrogen (secondary N) is 1. The van der Waals surface area contributed by atoms with Gasteiger partial charge in [0.25, 0.3) is 11.8 Å². The third-order valence-electron chi connectivity index (χ3n) is 5.32. The molecule has 9 nitrogen and oxygen atoms in total. The summed E-state index contributed by atoms with van der Waals surface area (Å²) in [4.78, 5) is 26.5. The zero-order valence-electron chi connectivity index (χ0n) is 18.1.